The average molecular weight is 246 g/mol. The molecule has 100 valence electrons. The zero-order chi connectivity index (χ0) is 13.0. The van der Waals surface area contributed by atoms with E-state index in [0.29, 0.717) is 6.04 Å². The zero-order valence-electron chi connectivity index (χ0n) is 11.9. The fourth-order valence-electron chi connectivity index (χ4n) is 2.87. The van der Waals surface area contributed by atoms with Gasteiger partial charge in [0.2, 0.25) is 0 Å². The molecule has 0 aliphatic carbocycles. The molecule has 1 aliphatic rings. The Hall–Kier alpha value is -0.860. The maximum Gasteiger partial charge on any atom is 0.0449 e. The van der Waals surface area contributed by atoms with Gasteiger partial charge in [0.1, 0.15) is 0 Å². The Balaban J connectivity index is 2.03. The normalized spacial score (nSPS) is 22.3. The van der Waals surface area contributed by atoms with E-state index in [4.69, 9.17) is 0 Å². The minimum Gasteiger partial charge on any atom is -0.309 e. The summed E-state index contributed by atoms with van der Waals surface area (Å²) < 4.78 is 0. The van der Waals surface area contributed by atoms with E-state index in [0.717, 1.165) is 19.0 Å². The Morgan fingerprint density at radius 1 is 1.44 bits per heavy atom. The van der Waals surface area contributed by atoms with E-state index in [2.05, 4.69) is 55.3 Å². The van der Waals surface area contributed by atoms with E-state index >= 15 is 0 Å². The minimum absolute atomic E-state index is 0.472. The number of hydrogen-bond donors (Lipinski definition) is 1. The summed E-state index contributed by atoms with van der Waals surface area (Å²) in [6.45, 7) is 11.4. The number of likely N-dealkylation sites (tertiary alicyclic amines) is 1. The summed E-state index contributed by atoms with van der Waals surface area (Å²) in [5.74, 6) is 0.866. The Labute approximate surface area is 111 Å². The molecule has 1 heterocycles. The third kappa shape index (κ3) is 3.56. The number of aryl methyl sites for hydroxylation is 1. The Bertz CT molecular complexity index is 375. The maximum atomic E-state index is 3.63. The van der Waals surface area contributed by atoms with Gasteiger partial charge in [0.05, 0.1) is 0 Å². The quantitative estimate of drug-likeness (QED) is 0.859. The van der Waals surface area contributed by atoms with Crippen LogP contribution in [0.25, 0.3) is 0 Å². The molecule has 0 amide bonds. The fourth-order valence-corrected chi connectivity index (χ4v) is 2.87. The predicted octanol–water partition coefficient (Wildman–Crippen LogP) is 2.99. The van der Waals surface area contributed by atoms with E-state index in [-0.39, 0.29) is 0 Å². The van der Waals surface area contributed by atoms with Crippen molar-refractivity contribution in [1.82, 2.24) is 10.2 Å². The van der Waals surface area contributed by atoms with Crippen molar-refractivity contribution in [2.75, 3.05) is 26.2 Å². The molecule has 1 N–H and O–H groups in total. The molecule has 0 spiro atoms. The van der Waals surface area contributed by atoms with E-state index in [9.17, 15) is 0 Å². The van der Waals surface area contributed by atoms with Crippen LogP contribution >= 0.6 is 0 Å². The van der Waals surface area contributed by atoms with Gasteiger partial charge in [-0.1, -0.05) is 43.7 Å². The highest BCUT2D eigenvalue weighted by atomic mass is 15.2. The van der Waals surface area contributed by atoms with Crippen LogP contribution in [0.1, 0.15) is 37.4 Å². The molecule has 2 atom stereocenters. The van der Waals surface area contributed by atoms with Crippen molar-refractivity contribution in [1.29, 1.82) is 0 Å². The van der Waals surface area contributed by atoms with Crippen LogP contribution < -0.4 is 5.32 Å². The molecule has 18 heavy (non-hydrogen) atoms. The van der Waals surface area contributed by atoms with E-state index < -0.39 is 0 Å². The summed E-state index contributed by atoms with van der Waals surface area (Å²) in [7, 11) is 0. The van der Waals surface area contributed by atoms with Crippen molar-refractivity contribution in [3.8, 4) is 0 Å². The fraction of sp³-hybridized carbons (Fsp3) is 0.625. The van der Waals surface area contributed by atoms with E-state index in [1.54, 1.807) is 0 Å². The predicted molar refractivity (Wildman–Crippen MR) is 77.8 cm³/mol. The highest BCUT2D eigenvalue weighted by Gasteiger charge is 2.22. The molecule has 0 aromatic heterocycles. The first-order valence-corrected chi connectivity index (χ1v) is 7.21. The number of nitrogens with one attached hydrogen (secondary N) is 1. The van der Waals surface area contributed by atoms with Crippen LogP contribution in [0.3, 0.4) is 0 Å². The van der Waals surface area contributed by atoms with Crippen molar-refractivity contribution in [2.24, 2.45) is 5.92 Å². The number of benzene rings is 1. The zero-order valence-corrected chi connectivity index (χ0v) is 11.9. The Morgan fingerprint density at radius 3 is 2.89 bits per heavy atom. The Kier molecular flexibility index (Phi) is 4.79. The van der Waals surface area contributed by atoms with Crippen molar-refractivity contribution in [3.05, 3.63) is 35.4 Å². The van der Waals surface area contributed by atoms with Crippen molar-refractivity contribution in [2.45, 2.75) is 33.2 Å². The highest BCUT2D eigenvalue weighted by molar-refractivity contribution is 5.25. The number of hydrogen-bond acceptors (Lipinski definition) is 2. The second-order valence-corrected chi connectivity index (χ2v) is 5.68. The maximum absolute atomic E-state index is 3.63. The molecule has 1 aliphatic heterocycles. The van der Waals surface area contributed by atoms with Crippen LogP contribution in [-0.2, 0) is 0 Å². The molecule has 1 aromatic carbocycles. The van der Waals surface area contributed by atoms with Gasteiger partial charge in [-0.25, -0.2) is 0 Å². The first kappa shape index (κ1) is 13.6. The number of nitrogens with zero attached hydrogens (tertiary/aromatic N) is 1. The van der Waals surface area contributed by atoms with Gasteiger partial charge in [-0.3, -0.25) is 0 Å². The molecule has 2 unspecified atom stereocenters. The summed E-state index contributed by atoms with van der Waals surface area (Å²) in [4.78, 5) is 2.60. The van der Waals surface area contributed by atoms with Crippen LogP contribution in [0.5, 0.6) is 0 Å². The largest absolute Gasteiger partial charge is 0.309 e. The smallest absolute Gasteiger partial charge is 0.0449 e. The third-order valence-corrected chi connectivity index (χ3v) is 3.84. The second kappa shape index (κ2) is 6.35. The number of likely N-dealkylation sites (N-methyl/N-ethyl adjacent to an activating group) is 1. The molecule has 1 saturated heterocycles. The van der Waals surface area contributed by atoms with Gasteiger partial charge in [0.25, 0.3) is 0 Å². The van der Waals surface area contributed by atoms with Gasteiger partial charge in [-0.2, -0.15) is 0 Å². The molecule has 1 fully saturated rings. The van der Waals surface area contributed by atoms with Gasteiger partial charge in [0.15, 0.2) is 0 Å². The number of rotatable bonds is 5. The van der Waals surface area contributed by atoms with Gasteiger partial charge in [-0.05, 0) is 37.9 Å². The van der Waals surface area contributed by atoms with E-state index in [1.165, 1.54) is 30.6 Å². The molecule has 2 heteroatoms. The van der Waals surface area contributed by atoms with E-state index in [1.807, 2.05) is 0 Å². The lowest BCUT2D eigenvalue weighted by molar-refractivity contribution is 0.286. The lowest BCUT2D eigenvalue weighted by Gasteiger charge is -2.25. The standard InChI is InChI=1S/C16H26N2/c1-4-17-16(12-18-9-8-14(3)11-18)15-7-5-6-13(2)10-15/h5-7,10,14,16-17H,4,8-9,11-12H2,1-3H3. The van der Waals surface area contributed by atoms with Crippen LogP contribution in [0.2, 0.25) is 0 Å². The Morgan fingerprint density at radius 2 is 2.28 bits per heavy atom. The van der Waals surface area contributed by atoms with Crippen molar-refractivity contribution < 1.29 is 0 Å². The lowest BCUT2D eigenvalue weighted by atomic mass is 10.0. The molecule has 0 radical (unpaired) electrons. The van der Waals surface area contributed by atoms with Gasteiger partial charge in [0, 0.05) is 19.1 Å². The summed E-state index contributed by atoms with van der Waals surface area (Å²) in [6.07, 6.45) is 1.35. The van der Waals surface area contributed by atoms with Crippen molar-refractivity contribution in [3.63, 3.8) is 0 Å². The average Bonchev–Trinajstić information content (AvgIpc) is 2.74. The topological polar surface area (TPSA) is 15.3 Å². The van der Waals surface area contributed by atoms with Gasteiger partial charge >= 0.3 is 0 Å². The van der Waals surface area contributed by atoms with Gasteiger partial charge in [-0.15, -0.1) is 0 Å². The summed E-state index contributed by atoms with van der Waals surface area (Å²) >= 11 is 0. The van der Waals surface area contributed by atoms with Crippen LogP contribution in [0.4, 0.5) is 0 Å². The van der Waals surface area contributed by atoms with Crippen molar-refractivity contribution >= 4 is 0 Å². The third-order valence-electron chi connectivity index (χ3n) is 3.84. The monoisotopic (exact) mass is 246 g/mol. The van der Waals surface area contributed by atoms with Crippen LogP contribution in [0.15, 0.2) is 24.3 Å². The summed E-state index contributed by atoms with van der Waals surface area (Å²) in [6, 6.07) is 9.37. The summed E-state index contributed by atoms with van der Waals surface area (Å²) in [5.41, 5.74) is 2.78. The first-order chi connectivity index (χ1) is 8.69. The SMILES string of the molecule is CCNC(CN1CCC(C)C1)c1cccc(C)c1. The second-order valence-electron chi connectivity index (χ2n) is 5.68. The molecule has 1 aromatic rings. The molecule has 2 nitrogen and oxygen atoms in total. The first-order valence-electron chi connectivity index (χ1n) is 7.21. The molecular formula is C16H26N2. The summed E-state index contributed by atoms with van der Waals surface area (Å²) in [5, 5.41) is 3.63. The molecule has 0 saturated carbocycles. The highest BCUT2D eigenvalue weighted by Crippen LogP contribution is 2.21. The minimum atomic E-state index is 0.472. The van der Waals surface area contributed by atoms with Crippen LogP contribution in [-0.4, -0.2) is 31.1 Å². The molecular weight excluding hydrogens is 220 g/mol. The lowest BCUT2D eigenvalue weighted by Crippen LogP contribution is -2.34. The van der Waals surface area contributed by atoms with Gasteiger partial charge < -0.3 is 10.2 Å². The molecule has 0 bridgehead atoms. The van der Waals surface area contributed by atoms with Crippen LogP contribution in [0, 0.1) is 12.8 Å². The molecule has 2 rings (SSSR count).